The molecule has 2 heterocycles. The first kappa shape index (κ1) is 18.5. The van der Waals surface area contributed by atoms with Crippen LogP contribution in [0.15, 0.2) is 17.1 Å². The maximum absolute atomic E-state index is 15.7. The molecule has 154 valence electrons. The van der Waals surface area contributed by atoms with Gasteiger partial charge in [-0.1, -0.05) is 0 Å². The number of pyridine rings is 1. The lowest BCUT2D eigenvalue weighted by Crippen LogP contribution is -2.27. The van der Waals surface area contributed by atoms with Gasteiger partial charge in [-0.3, -0.25) is 4.79 Å². The Bertz CT molecular complexity index is 1090. The van der Waals surface area contributed by atoms with Crippen molar-refractivity contribution < 1.29 is 18.7 Å². The summed E-state index contributed by atoms with van der Waals surface area (Å²) in [5.41, 5.74) is -1.27. The van der Waals surface area contributed by atoms with Crippen molar-refractivity contribution in [1.82, 2.24) is 9.88 Å². The Labute approximate surface area is 166 Å². The van der Waals surface area contributed by atoms with Gasteiger partial charge in [-0.25, -0.2) is 13.6 Å². The molecule has 2 aliphatic carbocycles. The number of carboxylic acids is 1. The Morgan fingerprint density at radius 1 is 1.34 bits per heavy atom. The first-order chi connectivity index (χ1) is 13.9. The molecule has 5 rings (SSSR count). The first-order valence-electron chi connectivity index (χ1n) is 10.1. The molecule has 3 fully saturated rings. The topological polar surface area (TPSA) is 74.6 Å². The number of nitrogens with one attached hydrogen (secondary N) is 1. The third kappa shape index (κ3) is 2.76. The van der Waals surface area contributed by atoms with Gasteiger partial charge in [0.2, 0.25) is 5.43 Å². The van der Waals surface area contributed by atoms with E-state index in [1.165, 1.54) is 10.8 Å². The molecule has 6 nitrogen and oxygen atoms in total. The number of aromatic nitrogens is 1. The number of fused-ring (bicyclic) bond motifs is 1. The predicted octanol–water partition coefficient (Wildman–Crippen LogP) is 2.75. The summed E-state index contributed by atoms with van der Waals surface area (Å²) in [6.45, 7) is 1.95. The highest BCUT2D eigenvalue weighted by atomic mass is 19.1. The number of rotatable bonds is 5. The van der Waals surface area contributed by atoms with E-state index in [1.807, 2.05) is 7.05 Å². The molecule has 1 aromatic carbocycles. The Hall–Kier alpha value is -2.48. The van der Waals surface area contributed by atoms with E-state index < -0.39 is 28.6 Å². The van der Waals surface area contributed by atoms with Gasteiger partial charge in [0, 0.05) is 25.3 Å². The SMILES string of the molecule is CNCC1CN(c2c(F)cc3c(=O)c(C(=O)O)cn(C4CC4)c3c2F)CC12CC2. The second-order valence-electron chi connectivity index (χ2n) is 8.73. The van der Waals surface area contributed by atoms with Crippen LogP contribution in [0.3, 0.4) is 0 Å². The lowest BCUT2D eigenvalue weighted by atomic mass is 9.93. The van der Waals surface area contributed by atoms with Crippen LogP contribution in [0.2, 0.25) is 0 Å². The predicted molar refractivity (Wildman–Crippen MR) is 105 cm³/mol. The third-order valence-corrected chi connectivity index (χ3v) is 6.83. The fourth-order valence-corrected chi connectivity index (χ4v) is 4.97. The normalized spacial score (nSPS) is 22.6. The minimum absolute atomic E-state index is 0.0146. The molecule has 1 aliphatic heterocycles. The quantitative estimate of drug-likeness (QED) is 0.803. The number of hydrogen-bond donors (Lipinski definition) is 2. The monoisotopic (exact) mass is 403 g/mol. The standard InChI is InChI=1S/C21H23F2N3O3/c1-24-7-11-8-25(10-21(11)4-5-21)18-15(22)6-13-17(16(18)23)26(12-2-3-12)9-14(19(13)27)20(28)29/h6,9,11-12,24H,2-5,7-8,10H2,1H3,(H,28,29). The van der Waals surface area contributed by atoms with Crippen LogP contribution in [-0.2, 0) is 0 Å². The highest BCUT2D eigenvalue weighted by Crippen LogP contribution is 2.57. The van der Waals surface area contributed by atoms with Gasteiger partial charge in [-0.2, -0.15) is 0 Å². The fraction of sp³-hybridized carbons (Fsp3) is 0.524. The number of benzene rings is 1. The Balaban J connectivity index is 1.69. The summed E-state index contributed by atoms with van der Waals surface area (Å²) < 4.78 is 32.3. The molecule has 8 heteroatoms. The van der Waals surface area contributed by atoms with Crippen LogP contribution in [0.5, 0.6) is 0 Å². The number of aromatic carboxylic acids is 1. The molecule has 29 heavy (non-hydrogen) atoms. The molecule has 1 aromatic heterocycles. The summed E-state index contributed by atoms with van der Waals surface area (Å²) in [5, 5.41) is 12.3. The number of carbonyl (C=O) groups is 1. The zero-order chi connectivity index (χ0) is 20.5. The Morgan fingerprint density at radius 3 is 2.66 bits per heavy atom. The van der Waals surface area contributed by atoms with Crippen LogP contribution < -0.4 is 15.6 Å². The molecule has 2 aromatic rings. The summed E-state index contributed by atoms with van der Waals surface area (Å²) in [7, 11) is 1.88. The average Bonchev–Trinajstić information content (AvgIpc) is 3.56. The third-order valence-electron chi connectivity index (χ3n) is 6.83. The summed E-state index contributed by atoms with van der Waals surface area (Å²) in [6.07, 6.45) is 4.88. The van der Waals surface area contributed by atoms with Gasteiger partial charge in [0.1, 0.15) is 17.1 Å². The molecule has 3 aliphatic rings. The van der Waals surface area contributed by atoms with Gasteiger partial charge in [-0.05, 0) is 56.7 Å². The number of hydrogen-bond acceptors (Lipinski definition) is 4. The van der Waals surface area contributed by atoms with Crippen LogP contribution in [-0.4, -0.2) is 42.3 Å². The van der Waals surface area contributed by atoms with E-state index in [0.29, 0.717) is 19.0 Å². The summed E-state index contributed by atoms with van der Waals surface area (Å²) in [5.74, 6) is -2.64. The van der Waals surface area contributed by atoms with Crippen molar-refractivity contribution in [2.75, 3.05) is 31.6 Å². The fourth-order valence-electron chi connectivity index (χ4n) is 4.97. The lowest BCUT2D eigenvalue weighted by Gasteiger charge is -2.22. The van der Waals surface area contributed by atoms with E-state index in [-0.39, 0.29) is 28.0 Å². The van der Waals surface area contributed by atoms with Crippen molar-refractivity contribution in [3.63, 3.8) is 0 Å². The van der Waals surface area contributed by atoms with Crippen molar-refractivity contribution >= 4 is 22.6 Å². The van der Waals surface area contributed by atoms with Crippen molar-refractivity contribution in [1.29, 1.82) is 0 Å². The molecule has 1 unspecified atom stereocenters. The van der Waals surface area contributed by atoms with Gasteiger partial charge < -0.3 is 19.9 Å². The minimum Gasteiger partial charge on any atom is -0.477 e. The Morgan fingerprint density at radius 2 is 2.07 bits per heavy atom. The van der Waals surface area contributed by atoms with Crippen molar-refractivity contribution in [2.45, 2.75) is 31.7 Å². The Kier molecular flexibility index (Phi) is 4.00. The van der Waals surface area contributed by atoms with E-state index >= 15 is 8.78 Å². The summed E-state index contributed by atoms with van der Waals surface area (Å²) >= 11 is 0. The van der Waals surface area contributed by atoms with Crippen LogP contribution in [0.4, 0.5) is 14.5 Å². The molecular weight excluding hydrogens is 380 g/mol. The number of anilines is 1. The molecule has 1 saturated heterocycles. The van der Waals surface area contributed by atoms with E-state index in [1.54, 1.807) is 4.90 Å². The van der Waals surface area contributed by atoms with Crippen molar-refractivity contribution in [3.05, 3.63) is 39.7 Å². The molecule has 2 N–H and O–H groups in total. The average molecular weight is 403 g/mol. The van der Waals surface area contributed by atoms with Crippen molar-refractivity contribution in [2.24, 2.45) is 11.3 Å². The van der Waals surface area contributed by atoms with E-state index in [4.69, 9.17) is 0 Å². The molecule has 0 radical (unpaired) electrons. The van der Waals surface area contributed by atoms with Gasteiger partial charge in [0.15, 0.2) is 5.82 Å². The lowest BCUT2D eigenvalue weighted by molar-refractivity contribution is 0.0695. The maximum Gasteiger partial charge on any atom is 0.341 e. The van der Waals surface area contributed by atoms with E-state index in [9.17, 15) is 14.7 Å². The molecular formula is C21H23F2N3O3. The molecule has 2 saturated carbocycles. The molecule has 0 bridgehead atoms. The highest BCUT2D eigenvalue weighted by molar-refractivity contribution is 5.94. The maximum atomic E-state index is 15.7. The summed E-state index contributed by atoms with van der Waals surface area (Å²) in [4.78, 5) is 25.8. The second-order valence-corrected chi connectivity index (χ2v) is 8.73. The van der Waals surface area contributed by atoms with Gasteiger partial charge >= 0.3 is 5.97 Å². The van der Waals surface area contributed by atoms with Crippen LogP contribution in [0.25, 0.3) is 10.9 Å². The number of halogens is 2. The van der Waals surface area contributed by atoms with Crippen LogP contribution in [0, 0.1) is 23.0 Å². The molecule has 0 amide bonds. The second kappa shape index (κ2) is 6.26. The van der Waals surface area contributed by atoms with E-state index in [2.05, 4.69) is 5.32 Å². The highest BCUT2D eigenvalue weighted by Gasteiger charge is 2.55. The molecule has 1 spiro atoms. The first-order valence-corrected chi connectivity index (χ1v) is 10.1. The van der Waals surface area contributed by atoms with Crippen LogP contribution >= 0.6 is 0 Å². The van der Waals surface area contributed by atoms with Crippen LogP contribution in [0.1, 0.15) is 42.1 Å². The minimum atomic E-state index is -1.39. The molecule has 1 atom stereocenters. The zero-order valence-corrected chi connectivity index (χ0v) is 16.2. The number of carboxylic acid groups (broad SMARTS) is 1. The zero-order valence-electron chi connectivity index (χ0n) is 16.2. The number of nitrogens with zero attached hydrogens (tertiary/aromatic N) is 2. The van der Waals surface area contributed by atoms with E-state index in [0.717, 1.165) is 38.3 Å². The smallest absolute Gasteiger partial charge is 0.341 e. The van der Waals surface area contributed by atoms with Gasteiger partial charge in [0.25, 0.3) is 0 Å². The largest absolute Gasteiger partial charge is 0.477 e. The summed E-state index contributed by atoms with van der Waals surface area (Å²) in [6, 6.07) is 0.959. The van der Waals surface area contributed by atoms with Gasteiger partial charge in [-0.15, -0.1) is 0 Å². The van der Waals surface area contributed by atoms with Gasteiger partial charge in [0.05, 0.1) is 10.9 Å². The van der Waals surface area contributed by atoms with Crippen molar-refractivity contribution in [3.8, 4) is 0 Å².